The number of nitrogens with one attached hydrogen (secondary N) is 1. The van der Waals surface area contributed by atoms with Crippen LogP contribution in [0.1, 0.15) is 31.5 Å². The molecule has 2 heterocycles. The zero-order valence-electron chi connectivity index (χ0n) is 13.6. The van der Waals surface area contributed by atoms with Gasteiger partial charge < -0.3 is 14.6 Å². The molecule has 2 aromatic rings. The number of amides is 2. The maximum Gasteiger partial charge on any atom is 0.321 e. The van der Waals surface area contributed by atoms with Crippen molar-refractivity contribution in [1.82, 2.24) is 15.5 Å². The maximum atomic E-state index is 12.0. The van der Waals surface area contributed by atoms with Gasteiger partial charge in [0, 0.05) is 31.5 Å². The number of nitrogens with zero attached hydrogens (tertiary/aromatic N) is 3. The van der Waals surface area contributed by atoms with Crippen molar-refractivity contribution in [3.63, 3.8) is 0 Å². The summed E-state index contributed by atoms with van der Waals surface area (Å²) in [5.74, 6) is 1.06. The van der Waals surface area contributed by atoms with E-state index in [1.165, 1.54) is 0 Å². The molecule has 126 valence electrons. The normalized spacial score (nSPS) is 19.7. The summed E-state index contributed by atoms with van der Waals surface area (Å²) in [4.78, 5) is 18.3. The Morgan fingerprint density at radius 2 is 2.21 bits per heavy atom. The lowest BCUT2D eigenvalue weighted by Crippen LogP contribution is -2.46. The van der Waals surface area contributed by atoms with Gasteiger partial charge in [-0.25, -0.2) is 4.79 Å². The van der Waals surface area contributed by atoms with Gasteiger partial charge in [0.05, 0.1) is 0 Å². The smallest absolute Gasteiger partial charge is 0.321 e. The first-order chi connectivity index (χ1) is 11.7. The predicted octanol–water partition coefficient (Wildman–Crippen LogP) is 2.68. The van der Waals surface area contributed by atoms with E-state index in [0.29, 0.717) is 18.3 Å². The van der Waals surface area contributed by atoms with Crippen molar-refractivity contribution < 1.29 is 14.1 Å². The number of aromatic nitrogens is 2. The van der Waals surface area contributed by atoms with Crippen LogP contribution in [-0.4, -0.2) is 36.4 Å². The molecule has 1 aromatic carbocycles. The second-order valence-corrected chi connectivity index (χ2v) is 6.26. The Labute approximate surface area is 140 Å². The van der Waals surface area contributed by atoms with Gasteiger partial charge in [-0.3, -0.25) is 4.90 Å². The van der Waals surface area contributed by atoms with Crippen LogP contribution in [0.15, 0.2) is 28.8 Å². The van der Waals surface area contributed by atoms with Crippen LogP contribution < -0.4 is 10.2 Å². The molecule has 1 N–H and O–H groups in total. The number of benzene rings is 1. The van der Waals surface area contributed by atoms with E-state index in [2.05, 4.69) is 15.5 Å². The largest absolute Gasteiger partial charge is 0.370 e. The average Bonchev–Trinajstić information content (AvgIpc) is 3.05. The zero-order valence-corrected chi connectivity index (χ0v) is 13.6. The maximum absolute atomic E-state index is 12.0. The van der Waals surface area contributed by atoms with Crippen LogP contribution in [0.2, 0.25) is 0 Å². The summed E-state index contributed by atoms with van der Waals surface area (Å²) in [6, 6.07) is 7.54. The molecule has 7 nitrogen and oxygen atoms in total. The number of hydrogen-bond donors (Lipinski definition) is 1. The Hall–Kier alpha value is -2.41. The number of urea groups is 1. The van der Waals surface area contributed by atoms with Crippen molar-refractivity contribution in [2.45, 2.75) is 31.3 Å². The zero-order chi connectivity index (χ0) is 16.6. The number of methoxy groups -OCH3 is 1. The molecule has 0 radical (unpaired) electrons. The molecule has 2 aliphatic rings. The van der Waals surface area contributed by atoms with Crippen LogP contribution in [0.25, 0.3) is 11.5 Å². The van der Waals surface area contributed by atoms with Gasteiger partial charge in [-0.1, -0.05) is 11.2 Å². The van der Waals surface area contributed by atoms with Crippen molar-refractivity contribution in [1.29, 1.82) is 0 Å². The monoisotopic (exact) mass is 328 g/mol. The second-order valence-electron chi connectivity index (χ2n) is 6.26. The van der Waals surface area contributed by atoms with E-state index in [-0.39, 0.29) is 6.03 Å². The van der Waals surface area contributed by atoms with Crippen LogP contribution >= 0.6 is 0 Å². The van der Waals surface area contributed by atoms with Crippen molar-refractivity contribution in [3.8, 4) is 11.5 Å². The first kappa shape index (κ1) is 15.1. The van der Waals surface area contributed by atoms with Gasteiger partial charge in [0.2, 0.25) is 5.82 Å². The van der Waals surface area contributed by atoms with Gasteiger partial charge in [0.25, 0.3) is 5.89 Å². The molecule has 24 heavy (non-hydrogen) atoms. The third-order valence-electron chi connectivity index (χ3n) is 4.87. The number of carbonyl (C=O) groups is 1. The lowest BCUT2D eigenvalue weighted by Gasteiger charge is -2.37. The lowest BCUT2D eigenvalue weighted by atomic mass is 9.79. The highest BCUT2D eigenvalue weighted by atomic mass is 16.5. The minimum absolute atomic E-state index is 0.0718. The first-order valence-corrected chi connectivity index (χ1v) is 8.27. The minimum Gasteiger partial charge on any atom is -0.370 e. The van der Waals surface area contributed by atoms with Crippen LogP contribution in [0.5, 0.6) is 0 Å². The molecule has 1 saturated heterocycles. The quantitative estimate of drug-likeness (QED) is 0.933. The third kappa shape index (κ3) is 2.45. The van der Waals surface area contributed by atoms with E-state index in [0.717, 1.165) is 43.5 Å². The van der Waals surface area contributed by atoms with E-state index in [9.17, 15) is 4.79 Å². The highest BCUT2D eigenvalue weighted by Gasteiger charge is 2.43. The van der Waals surface area contributed by atoms with Crippen LogP contribution in [0, 0.1) is 0 Å². The van der Waals surface area contributed by atoms with E-state index in [1.54, 1.807) is 12.0 Å². The average molecular weight is 328 g/mol. The molecule has 0 bridgehead atoms. The molecular formula is C17H20N4O3. The molecule has 1 aromatic heterocycles. The van der Waals surface area contributed by atoms with E-state index < -0.39 is 5.60 Å². The Kier molecular flexibility index (Phi) is 3.72. The predicted molar refractivity (Wildman–Crippen MR) is 87.6 cm³/mol. The number of carbonyl (C=O) groups excluding carboxylic acids is 1. The first-order valence-electron chi connectivity index (χ1n) is 8.27. The van der Waals surface area contributed by atoms with Crippen molar-refractivity contribution in [3.05, 3.63) is 30.1 Å². The molecule has 0 unspecified atom stereocenters. The Bertz CT molecular complexity index is 748. The summed E-state index contributed by atoms with van der Waals surface area (Å²) >= 11 is 0. The Balaban J connectivity index is 1.62. The fourth-order valence-electron chi connectivity index (χ4n) is 3.23. The van der Waals surface area contributed by atoms with E-state index >= 15 is 0 Å². The Morgan fingerprint density at radius 1 is 1.33 bits per heavy atom. The van der Waals surface area contributed by atoms with Gasteiger partial charge in [-0.05, 0) is 43.9 Å². The number of ether oxygens (including phenoxy) is 1. The van der Waals surface area contributed by atoms with E-state index in [4.69, 9.17) is 9.26 Å². The molecular weight excluding hydrogens is 308 g/mol. The summed E-state index contributed by atoms with van der Waals surface area (Å²) in [7, 11) is 1.69. The lowest BCUT2D eigenvalue weighted by molar-refractivity contribution is -0.0858. The molecule has 1 saturated carbocycles. The van der Waals surface area contributed by atoms with Gasteiger partial charge in [-0.2, -0.15) is 4.98 Å². The summed E-state index contributed by atoms with van der Waals surface area (Å²) in [6.45, 7) is 1.43. The summed E-state index contributed by atoms with van der Waals surface area (Å²) in [6.07, 6.45) is 3.86. The van der Waals surface area contributed by atoms with Crippen molar-refractivity contribution >= 4 is 11.7 Å². The second kappa shape index (κ2) is 5.90. The highest BCUT2D eigenvalue weighted by molar-refractivity contribution is 5.93. The van der Waals surface area contributed by atoms with Crippen molar-refractivity contribution in [2.75, 3.05) is 25.1 Å². The van der Waals surface area contributed by atoms with Gasteiger partial charge >= 0.3 is 6.03 Å². The van der Waals surface area contributed by atoms with E-state index in [1.807, 2.05) is 24.3 Å². The van der Waals surface area contributed by atoms with Gasteiger partial charge in [0.1, 0.15) is 5.60 Å². The fraction of sp³-hybridized carbons (Fsp3) is 0.471. The SMILES string of the molecule is COC1(c2noc(-c3cccc(N4CCCNC4=O)c3)n2)CCC1. The van der Waals surface area contributed by atoms with Crippen molar-refractivity contribution in [2.24, 2.45) is 0 Å². The third-order valence-corrected chi connectivity index (χ3v) is 4.87. The van der Waals surface area contributed by atoms with Crippen LogP contribution in [-0.2, 0) is 10.3 Å². The molecule has 1 aliphatic carbocycles. The molecule has 0 atom stereocenters. The Morgan fingerprint density at radius 3 is 2.92 bits per heavy atom. The molecule has 2 amide bonds. The van der Waals surface area contributed by atoms with Crippen LogP contribution in [0.3, 0.4) is 0 Å². The highest BCUT2D eigenvalue weighted by Crippen LogP contribution is 2.43. The van der Waals surface area contributed by atoms with Gasteiger partial charge in [-0.15, -0.1) is 0 Å². The molecule has 0 spiro atoms. The fourth-order valence-corrected chi connectivity index (χ4v) is 3.23. The minimum atomic E-state index is -0.397. The summed E-state index contributed by atoms with van der Waals surface area (Å²) in [5, 5.41) is 6.97. The summed E-state index contributed by atoms with van der Waals surface area (Å²) < 4.78 is 11.0. The van der Waals surface area contributed by atoms with Gasteiger partial charge in [0.15, 0.2) is 0 Å². The topological polar surface area (TPSA) is 80.5 Å². The number of anilines is 1. The molecule has 4 rings (SSSR count). The standard InChI is InChI=1S/C17H20N4O3/c1-23-17(7-3-8-17)15-19-14(24-20-15)12-5-2-6-13(11-12)21-10-4-9-18-16(21)22/h2,5-6,11H,3-4,7-10H2,1H3,(H,18,22). The van der Waals surface area contributed by atoms with Crippen LogP contribution in [0.4, 0.5) is 10.5 Å². The molecule has 7 heteroatoms. The molecule has 2 fully saturated rings. The molecule has 1 aliphatic heterocycles. The number of hydrogen-bond acceptors (Lipinski definition) is 5. The summed E-state index contributed by atoms with van der Waals surface area (Å²) in [5.41, 5.74) is 1.23. The number of rotatable bonds is 4.